The molecule has 0 bridgehead atoms. The van der Waals surface area contributed by atoms with Crippen LogP contribution in [0.5, 0.6) is 0 Å². The van der Waals surface area contributed by atoms with E-state index in [1.165, 1.54) is 0 Å². The zero-order valence-corrected chi connectivity index (χ0v) is 27.0. The summed E-state index contributed by atoms with van der Waals surface area (Å²) in [4.78, 5) is 36.5. The molecular formula is C33H44Cl2N4O2. The number of hydrogen-bond acceptors (Lipinski definition) is 4. The molecular weight excluding hydrogens is 555 g/mol. The molecule has 0 aliphatic carbocycles. The molecule has 222 valence electrons. The predicted octanol–water partition coefficient (Wildman–Crippen LogP) is 7.39. The number of likely N-dealkylation sites (tertiary alicyclic amines) is 1. The maximum Gasteiger partial charge on any atom is 0.275 e. The van der Waals surface area contributed by atoms with Crippen molar-refractivity contribution in [1.29, 1.82) is 0 Å². The summed E-state index contributed by atoms with van der Waals surface area (Å²) in [6, 6.07) is 12.7. The summed E-state index contributed by atoms with van der Waals surface area (Å²) in [6.07, 6.45) is 3.51. The minimum absolute atomic E-state index is 0.0782. The van der Waals surface area contributed by atoms with Gasteiger partial charge in [0.05, 0.1) is 6.04 Å². The molecule has 41 heavy (non-hydrogen) atoms. The number of halogens is 2. The standard InChI is InChI=1S/C33H44Cl2N4O2/c1-31(2,3)13-12-27(22-8-10-23(11-9-22)29(40)36-7)39-30(41)28(24-18-25(34)20-26(35)19-24)37-33(39)15-17-38(21-33)16-14-32(4,5)6/h8-11,18-20,27H,12-17,21H2,1-7H3,(H,36,40). The van der Waals surface area contributed by atoms with Gasteiger partial charge in [-0.1, -0.05) is 76.9 Å². The first-order valence-electron chi connectivity index (χ1n) is 14.6. The third kappa shape index (κ3) is 7.52. The lowest BCUT2D eigenvalue weighted by molar-refractivity contribution is -0.131. The van der Waals surface area contributed by atoms with Crippen LogP contribution in [0.15, 0.2) is 47.5 Å². The molecule has 2 aliphatic heterocycles. The van der Waals surface area contributed by atoms with E-state index in [-0.39, 0.29) is 28.7 Å². The number of rotatable bonds is 8. The lowest BCUT2D eigenvalue weighted by atomic mass is 9.85. The van der Waals surface area contributed by atoms with Gasteiger partial charge in [0.1, 0.15) is 11.4 Å². The van der Waals surface area contributed by atoms with Gasteiger partial charge in [0.2, 0.25) is 0 Å². The quantitative estimate of drug-likeness (QED) is 0.344. The van der Waals surface area contributed by atoms with Gasteiger partial charge in [-0.2, -0.15) is 0 Å². The Balaban J connectivity index is 1.79. The summed E-state index contributed by atoms with van der Waals surface area (Å²) in [5, 5.41) is 3.64. The molecule has 0 aromatic heterocycles. The van der Waals surface area contributed by atoms with Gasteiger partial charge in [-0.05, 0) is 72.5 Å². The van der Waals surface area contributed by atoms with E-state index in [1.54, 1.807) is 25.2 Å². The summed E-state index contributed by atoms with van der Waals surface area (Å²) in [5.74, 6) is -0.236. The molecule has 8 heteroatoms. The average molecular weight is 600 g/mol. The van der Waals surface area contributed by atoms with E-state index in [9.17, 15) is 9.59 Å². The molecule has 2 aliphatic rings. The van der Waals surface area contributed by atoms with E-state index in [2.05, 4.69) is 51.8 Å². The van der Waals surface area contributed by atoms with Gasteiger partial charge in [0.25, 0.3) is 11.8 Å². The van der Waals surface area contributed by atoms with Crippen LogP contribution in [-0.4, -0.2) is 59.7 Å². The van der Waals surface area contributed by atoms with E-state index < -0.39 is 5.66 Å². The van der Waals surface area contributed by atoms with Crippen LogP contribution in [-0.2, 0) is 4.79 Å². The Hall–Kier alpha value is -2.41. The topological polar surface area (TPSA) is 65.0 Å². The first kappa shape index (κ1) is 31.5. The highest BCUT2D eigenvalue weighted by atomic mass is 35.5. The summed E-state index contributed by atoms with van der Waals surface area (Å²) in [5.41, 5.74) is 2.25. The van der Waals surface area contributed by atoms with Crippen LogP contribution in [0.3, 0.4) is 0 Å². The Bertz CT molecular complexity index is 1290. The molecule has 1 saturated heterocycles. The van der Waals surface area contributed by atoms with Crippen molar-refractivity contribution in [3.8, 4) is 0 Å². The zero-order valence-electron chi connectivity index (χ0n) is 25.5. The fraction of sp³-hybridized carbons (Fsp3) is 0.545. The second-order valence-corrected chi connectivity index (χ2v) is 14.8. The predicted molar refractivity (Wildman–Crippen MR) is 169 cm³/mol. The molecule has 4 rings (SSSR count). The van der Waals surface area contributed by atoms with Gasteiger partial charge in [0, 0.05) is 47.7 Å². The average Bonchev–Trinajstić information content (AvgIpc) is 3.42. The lowest BCUT2D eigenvalue weighted by Gasteiger charge is -2.40. The molecule has 2 amide bonds. The highest BCUT2D eigenvalue weighted by molar-refractivity contribution is 6.48. The van der Waals surface area contributed by atoms with Crippen LogP contribution >= 0.6 is 23.2 Å². The summed E-state index contributed by atoms with van der Waals surface area (Å²) < 4.78 is 0. The van der Waals surface area contributed by atoms with Gasteiger partial charge in [0.15, 0.2) is 0 Å². The van der Waals surface area contributed by atoms with Gasteiger partial charge in [-0.15, -0.1) is 0 Å². The highest BCUT2D eigenvalue weighted by Crippen LogP contribution is 2.44. The Morgan fingerprint density at radius 1 is 1.00 bits per heavy atom. The van der Waals surface area contributed by atoms with E-state index in [0.717, 1.165) is 44.3 Å². The summed E-state index contributed by atoms with van der Waals surface area (Å²) >= 11 is 12.8. The van der Waals surface area contributed by atoms with Crippen molar-refractivity contribution < 1.29 is 9.59 Å². The maximum atomic E-state index is 14.5. The van der Waals surface area contributed by atoms with Crippen molar-refractivity contribution in [1.82, 2.24) is 15.1 Å². The van der Waals surface area contributed by atoms with Gasteiger partial charge >= 0.3 is 0 Å². The van der Waals surface area contributed by atoms with Crippen molar-refractivity contribution in [2.75, 3.05) is 26.7 Å². The summed E-state index contributed by atoms with van der Waals surface area (Å²) in [7, 11) is 1.63. The molecule has 0 saturated carbocycles. The first-order chi connectivity index (χ1) is 19.1. The number of aliphatic imine (C=N–C) groups is 1. The van der Waals surface area contributed by atoms with Crippen molar-refractivity contribution in [2.24, 2.45) is 15.8 Å². The molecule has 6 nitrogen and oxygen atoms in total. The number of benzene rings is 2. The third-order valence-corrected chi connectivity index (χ3v) is 8.51. The number of carbonyl (C=O) groups is 2. The van der Waals surface area contributed by atoms with Crippen LogP contribution in [0.25, 0.3) is 0 Å². The van der Waals surface area contributed by atoms with Crippen molar-refractivity contribution in [3.63, 3.8) is 0 Å². The van der Waals surface area contributed by atoms with Crippen molar-refractivity contribution in [2.45, 2.75) is 78.9 Å². The molecule has 2 heterocycles. The molecule has 1 fully saturated rings. The SMILES string of the molecule is CNC(=O)c1ccc(C(CCC(C)(C)C)N2C(=O)C(c3cc(Cl)cc(Cl)c3)=NC23CCN(CCC(C)(C)C)C3)cc1. The fourth-order valence-corrected chi connectivity index (χ4v) is 6.29. The molecule has 2 aromatic rings. The number of amides is 2. The molecule has 2 aromatic carbocycles. The van der Waals surface area contributed by atoms with E-state index in [1.807, 2.05) is 29.2 Å². The number of hydrogen-bond donors (Lipinski definition) is 1. The Morgan fingerprint density at radius 2 is 1.61 bits per heavy atom. The monoisotopic (exact) mass is 598 g/mol. The summed E-state index contributed by atoms with van der Waals surface area (Å²) in [6.45, 7) is 15.9. The van der Waals surface area contributed by atoms with Gasteiger partial charge in [-0.25, -0.2) is 4.99 Å². The number of carbonyl (C=O) groups excluding carboxylic acids is 2. The highest BCUT2D eigenvalue weighted by Gasteiger charge is 2.54. The van der Waals surface area contributed by atoms with E-state index >= 15 is 0 Å². The smallest absolute Gasteiger partial charge is 0.275 e. The second kappa shape index (κ2) is 12.1. The van der Waals surface area contributed by atoms with Gasteiger partial charge in [-0.3, -0.25) is 14.5 Å². The minimum atomic E-state index is -0.693. The lowest BCUT2D eigenvalue weighted by Crippen LogP contribution is -2.50. The zero-order chi connectivity index (χ0) is 30.2. The largest absolute Gasteiger partial charge is 0.355 e. The second-order valence-electron chi connectivity index (χ2n) is 13.9. The normalized spacial score (nSPS) is 20.6. The fourth-order valence-electron chi connectivity index (χ4n) is 5.76. The Kier molecular flexibility index (Phi) is 9.28. The van der Waals surface area contributed by atoms with Crippen molar-refractivity contribution in [3.05, 3.63) is 69.2 Å². The van der Waals surface area contributed by atoms with E-state index in [0.29, 0.717) is 33.4 Å². The number of nitrogens with zero attached hydrogens (tertiary/aromatic N) is 3. The van der Waals surface area contributed by atoms with Crippen LogP contribution in [0.2, 0.25) is 10.0 Å². The van der Waals surface area contributed by atoms with Crippen molar-refractivity contribution >= 4 is 40.7 Å². The molecule has 2 unspecified atom stereocenters. The van der Waals surface area contributed by atoms with Crippen LogP contribution in [0.4, 0.5) is 0 Å². The first-order valence-corrected chi connectivity index (χ1v) is 15.3. The van der Waals surface area contributed by atoms with Crippen LogP contribution in [0.1, 0.15) is 94.8 Å². The van der Waals surface area contributed by atoms with Crippen LogP contribution < -0.4 is 5.32 Å². The van der Waals surface area contributed by atoms with E-state index in [4.69, 9.17) is 28.2 Å². The molecule has 1 spiro atoms. The number of nitrogens with one attached hydrogen (secondary N) is 1. The maximum absolute atomic E-state index is 14.5. The molecule has 1 N–H and O–H groups in total. The molecule has 0 radical (unpaired) electrons. The van der Waals surface area contributed by atoms with Gasteiger partial charge < -0.3 is 10.2 Å². The Morgan fingerprint density at radius 3 is 2.17 bits per heavy atom. The third-order valence-electron chi connectivity index (χ3n) is 8.07. The minimum Gasteiger partial charge on any atom is -0.355 e. The molecule has 2 atom stereocenters. The van der Waals surface area contributed by atoms with Crippen LogP contribution in [0, 0.1) is 10.8 Å². The Labute approximate surface area is 255 Å².